The third-order valence-electron chi connectivity index (χ3n) is 2.65. The topological polar surface area (TPSA) is 60.7 Å². The molecule has 0 bridgehead atoms. The van der Waals surface area contributed by atoms with Crippen molar-refractivity contribution in [3.63, 3.8) is 0 Å². The summed E-state index contributed by atoms with van der Waals surface area (Å²) < 4.78 is 6.85. The van der Waals surface area contributed by atoms with E-state index in [4.69, 9.17) is 11.6 Å². The minimum atomic E-state index is -0.630. The number of thiazole rings is 1. The van der Waals surface area contributed by atoms with Crippen LogP contribution >= 0.6 is 22.9 Å². The molecular weight excluding hydrogens is 288 g/mol. The number of rotatable bonds is 1. The number of halogens is 1. The maximum Gasteiger partial charge on any atom is 0.356 e. The average molecular weight is 295 g/mol. The largest absolute Gasteiger partial charge is 0.464 e. The van der Waals surface area contributed by atoms with Crippen molar-refractivity contribution in [1.82, 2.24) is 9.38 Å². The Morgan fingerprint density at radius 1 is 1.42 bits per heavy atom. The van der Waals surface area contributed by atoms with E-state index < -0.39 is 5.97 Å². The van der Waals surface area contributed by atoms with Crippen molar-refractivity contribution in [1.29, 1.82) is 0 Å². The Labute approximate surface area is 116 Å². The molecule has 2 aromatic heterocycles. The highest BCUT2D eigenvalue weighted by Gasteiger charge is 2.14. The second kappa shape index (κ2) is 4.32. The fourth-order valence-corrected chi connectivity index (χ4v) is 3.12. The Balaban J connectivity index is 2.41. The number of nitrogens with zero attached hydrogens (tertiary/aromatic N) is 2. The van der Waals surface area contributed by atoms with E-state index in [1.807, 2.05) is 0 Å². The van der Waals surface area contributed by atoms with Gasteiger partial charge in [-0.1, -0.05) is 22.9 Å². The minimum absolute atomic E-state index is 0.00477. The van der Waals surface area contributed by atoms with Gasteiger partial charge in [-0.05, 0) is 18.2 Å². The molecule has 0 saturated carbocycles. The number of methoxy groups -OCH3 is 1. The average Bonchev–Trinajstić information content (AvgIpc) is 2.75. The lowest BCUT2D eigenvalue weighted by molar-refractivity contribution is 0.0594. The third-order valence-corrected chi connectivity index (χ3v) is 3.88. The van der Waals surface area contributed by atoms with E-state index in [1.54, 1.807) is 18.2 Å². The van der Waals surface area contributed by atoms with E-state index in [0.29, 0.717) is 9.98 Å². The lowest BCUT2D eigenvalue weighted by atomic mass is 10.3. The van der Waals surface area contributed by atoms with Crippen LogP contribution < -0.4 is 5.56 Å². The molecule has 0 aliphatic rings. The minimum Gasteiger partial charge on any atom is -0.464 e. The first-order valence-corrected chi connectivity index (χ1v) is 6.50. The van der Waals surface area contributed by atoms with Crippen LogP contribution in [-0.2, 0) is 4.74 Å². The molecule has 3 rings (SSSR count). The van der Waals surface area contributed by atoms with Crippen LogP contribution in [-0.4, -0.2) is 22.5 Å². The molecule has 0 aliphatic carbocycles. The number of fused-ring (bicyclic) bond motifs is 3. The van der Waals surface area contributed by atoms with E-state index in [9.17, 15) is 9.59 Å². The Morgan fingerprint density at radius 3 is 2.95 bits per heavy atom. The third kappa shape index (κ3) is 1.89. The van der Waals surface area contributed by atoms with Crippen LogP contribution in [0.15, 0.2) is 29.1 Å². The van der Waals surface area contributed by atoms with Crippen molar-refractivity contribution >= 4 is 44.1 Å². The summed E-state index contributed by atoms with van der Waals surface area (Å²) in [7, 11) is 1.25. The summed E-state index contributed by atoms with van der Waals surface area (Å²) in [5, 5.41) is 0.584. The number of hydrogen-bond acceptors (Lipinski definition) is 5. The van der Waals surface area contributed by atoms with E-state index in [2.05, 4.69) is 9.72 Å². The molecule has 3 aromatic rings. The van der Waals surface area contributed by atoms with Gasteiger partial charge in [-0.25, -0.2) is 9.78 Å². The van der Waals surface area contributed by atoms with Gasteiger partial charge in [-0.15, -0.1) is 0 Å². The number of esters is 1. The molecule has 0 fully saturated rings. The van der Waals surface area contributed by atoms with Gasteiger partial charge >= 0.3 is 5.97 Å². The Bertz CT molecular complexity index is 868. The van der Waals surface area contributed by atoms with Gasteiger partial charge in [0.15, 0.2) is 10.7 Å². The van der Waals surface area contributed by atoms with Gasteiger partial charge in [0, 0.05) is 11.1 Å². The fraction of sp³-hybridized carbons (Fsp3) is 0.0833. The first kappa shape index (κ1) is 12.1. The highest BCUT2D eigenvalue weighted by molar-refractivity contribution is 7.23. The first-order chi connectivity index (χ1) is 9.10. The molecule has 2 heterocycles. The quantitative estimate of drug-likeness (QED) is 0.646. The van der Waals surface area contributed by atoms with Crippen LogP contribution in [0.4, 0.5) is 0 Å². The van der Waals surface area contributed by atoms with Crippen molar-refractivity contribution < 1.29 is 9.53 Å². The van der Waals surface area contributed by atoms with Crippen LogP contribution in [0.2, 0.25) is 5.02 Å². The molecule has 0 N–H and O–H groups in total. The van der Waals surface area contributed by atoms with Crippen molar-refractivity contribution in [2.75, 3.05) is 7.11 Å². The normalized spacial score (nSPS) is 11.1. The van der Waals surface area contributed by atoms with Gasteiger partial charge < -0.3 is 4.74 Å². The molecule has 0 amide bonds. The van der Waals surface area contributed by atoms with Crippen molar-refractivity contribution in [3.8, 4) is 0 Å². The van der Waals surface area contributed by atoms with Crippen LogP contribution in [0, 0.1) is 0 Å². The molecule has 0 saturated heterocycles. The van der Waals surface area contributed by atoms with E-state index in [-0.39, 0.29) is 11.3 Å². The zero-order valence-electron chi connectivity index (χ0n) is 9.71. The maximum absolute atomic E-state index is 12.1. The fourth-order valence-electron chi connectivity index (χ4n) is 1.81. The summed E-state index contributed by atoms with van der Waals surface area (Å²) in [6.07, 6.45) is 0. The standard InChI is InChI=1S/C12H7ClN2O3S/c1-18-11(17)7-5-10(16)15-8-3-2-6(13)4-9(8)19-12(15)14-7/h2-5H,1H3. The monoisotopic (exact) mass is 294 g/mol. The molecule has 0 unspecified atom stereocenters. The Morgan fingerprint density at radius 2 is 2.21 bits per heavy atom. The van der Waals surface area contributed by atoms with Crippen LogP contribution in [0.25, 0.3) is 15.2 Å². The van der Waals surface area contributed by atoms with Gasteiger partial charge in [0.25, 0.3) is 5.56 Å². The number of aromatic nitrogens is 2. The number of hydrogen-bond donors (Lipinski definition) is 0. The van der Waals surface area contributed by atoms with Crippen LogP contribution in [0.1, 0.15) is 10.5 Å². The Kier molecular flexibility index (Phi) is 2.76. The molecule has 0 spiro atoms. The zero-order chi connectivity index (χ0) is 13.6. The van der Waals surface area contributed by atoms with E-state index in [1.165, 1.54) is 28.9 Å². The summed E-state index contributed by atoms with van der Waals surface area (Å²) in [5.74, 6) is -0.630. The summed E-state index contributed by atoms with van der Waals surface area (Å²) in [6, 6.07) is 6.38. The summed E-state index contributed by atoms with van der Waals surface area (Å²) in [6.45, 7) is 0. The van der Waals surface area contributed by atoms with E-state index >= 15 is 0 Å². The number of carbonyl (C=O) groups is 1. The molecule has 1 aromatic carbocycles. The van der Waals surface area contributed by atoms with Crippen molar-refractivity contribution in [2.24, 2.45) is 0 Å². The van der Waals surface area contributed by atoms with Gasteiger partial charge in [-0.2, -0.15) is 0 Å². The molecule has 5 nitrogen and oxygen atoms in total. The maximum atomic E-state index is 12.1. The lowest BCUT2D eigenvalue weighted by Gasteiger charge is -1.98. The molecule has 0 aliphatic heterocycles. The van der Waals surface area contributed by atoms with Gasteiger partial charge in [0.05, 0.1) is 17.3 Å². The van der Waals surface area contributed by atoms with Gasteiger partial charge in [0.2, 0.25) is 0 Å². The van der Waals surface area contributed by atoms with Crippen LogP contribution in [0.3, 0.4) is 0 Å². The zero-order valence-corrected chi connectivity index (χ0v) is 11.3. The predicted molar refractivity (Wildman–Crippen MR) is 73.2 cm³/mol. The molecule has 0 atom stereocenters. The second-order valence-electron chi connectivity index (χ2n) is 3.80. The van der Waals surface area contributed by atoms with Gasteiger partial charge in [0.1, 0.15) is 0 Å². The molecule has 0 radical (unpaired) electrons. The number of ether oxygens (including phenoxy) is 1. The summed E-state index contributed by atoms with van der Waals surface area (Å²) in [5.41, 5.74) is 0.405. The highest BCUT2D eigenvalue weighted by atomic mass is 35.5. The molecule has 7 heteroatoms. The SMILES string of the molecule is COC(=O)c1cc(=O)n2c(n1)sc1cc(Cl)ccc12. The summed E-state index contributed by atoms with van der Waals surface area (Å²) >= 11 is 7.21. The Hall–Kier alpha value is -1.92. The predicted octanol–water partition coefficient (Wildman–Crippen LogP) is 2.35. The van der Waals surface area contributed by atoms with Crippen molar-refractivity contribution in [3.05, 3.63) is 45.3 Å². The molecule has 96 valence electrons. The smallest absolute Gasteiger partial charge is 0.356 e. The molecular formula is C12H7ClN2O3S. The number of benzene rings is 1. The van der Waals surface area contributed by atoms with Gasteiger partial charge in [-0.3, -0.25) is 9.20 Å². The number of carbonyl (C=O) groups excluding carboxylic acids is 1. The molecule has 19 heavy (non-hydrogen) atoms. The first-order valence-electron chi connectivity index (χ1n) is 5.30. The summed E-state index contributed by atoms with van der Waals surface area (Å²) in [4.78, 5) is 28.1. The highest BCUT2D eigenvalue weighted by Crippen LogP contribution is 2.26. The lowest BCUT2D eigenvalue weighted by Crippen LogP contribution is -2.16. The van der Waals surface area contributed by atoms with E-state index in [0.717, 1.165) is 10.2 Å². The van der Waals surface area contributed by atoms with Crippen LogP contribution in [0.5, 0.6) is 0 Å². The second-order valence-corrected chi connectivity index (χ2v) is 5.25. The van der Waals surface area contributed by atoms with Crippen molar-refractivity contribution in [2.45, 2.75) is 0 Å².